The van der Waals surface area contributed by atoms with Crippen molar-refractivity contribution in [1.82, 2.24) is 0 Å². The molecule has 5 heteroatoms. The minimum Gasteiger partial charge on any atom is -0.462 e. The maximum absolute atomic E-state index is 12.9. The van der Waals surface area contributed by atoms with Gasteiger partial charge in [-0.05, 0) is 122 Å². The van der Waals surface area contributed by atoms with Crippen LogP contribution in [0.4, 0.5) is 0 Å². The molecule has 5 nitrogen and oxygen atoms in total. The Hall–Kier alpha value is -3.44. The lowest BCUT2D eigenvalue weighted by Gasteiger charge is -2.18. The monoisotopic (exact) mass is 971 g/mol. The SMILES string of the molecule is CC/C=C\C/C=C\C/C=C\C/C=C\C/C=C\CCCCCC(=O)OCC(COCCCCCCCCCC/C=C\CCCCCCCC)OC(=O)CCCCCCCCC/C=C\C/C=C\C/C=C\CC. The summed E-state index contributed by atoms with van der Waals surface area (Å²) in [6, 6.07) is 0. The van der Waals surface area contributed by atoms with Gasteiger partial charge in [0.15, 0.2) is 6.10 Å². The van der Waals surface area contributed by atoms with Crippen LogP contribution in [0.5, 0.6) is 0 Å². The van der Waals surface area contributed by atoms with Crippen LogP contribution in [0.25, 0.3) is 0 Å². The van der Waals surface area contributed by atoms with Crippen LogP contribution in [0.3, 0.4) is 0 Å². The van der Waals surface area contributed by atoms with Gasteiger partial charge in [-0.15, -0.1) is 0 Å². The van der Waals surface area contributed by atoms with Crippen LogP contribution in [-0.4, -0.2) is 37.9 Å². The Kier molecular flexibility index (Phi) is 56.9. The van der Waals surface area contributed by atoms with Crippen LogP contribution >= 0.6 is 0 Å². The number of carbonyl (C=O) groups excluding carboxylic acids is 2. The third-order valence-electron chi connectivity index (χ3n) is 12.3. The van der Waals surface area contributed by atoms with E-state index in [0.29, 0.717) is 19.4 Å². The van der Waals surface area contributed by atoms with Crippen molar-refractivity contribution in [3.8, 4) is 0 Å². The molecule has 0 aromatic carbocycles. The molecule has 0 N–H and O–H groups in total. The molecule has 70 heavy (non-hydrogen) atoms. The van der Waals surface area contributed by atoms with Gasteiger partial charge in [0, 0.05) is 19.4 Å². The van der Waals surface area contributed by atoms with E-state index in [9.17, 15) is 9.59 Å². The van der Waals surface area contributed by atoms with Crippen molar-refractivity contribution in [2.75, 3.05) is 19.8 Å². The van der Waals surface area contributed by atoms with Gasteiger partial charge in [0.05, 0.1) is 6.61 Å². The second-order valence-electron chi connectivity index (χ2n) is 19.1. The summed E-state index contributed by atoms with van der Waals surface area (Å²) < 4.78 is 17.5. The quantitative estimate of drug-likeness (QED) is 0.0345. The Morgan fingerprint density at radius 2 is 0.643 bits per heavy atom. The van der Waals surface area contributed by atoms with Crippen LogP contribution in [-0.2, 0) is 23.8 Å². The number of rotatable bonds is 53. The van der Waals surface area contributed by atoms with E-state index < -0.39 is 6.10 Å². The number of allylic oxidation sites excluding steroid dienone is 18. The first-order chi connectivity index (χ1) is 34.6. The molecule has 400 valence electrons. The molecule has 0 aliphatic carbocycles. The molecule has 0 fully saturated rings. The molecule has 0 spiro atoms. The molecule has 0 saturated carbocycles. The van der Waals surface area contributed by atoms with Gasteiger partial charge in [0.25, 0.3) is 0 Å². The summed E-state index contributed by atoms with van der Waals surface area (Å²) >= 11 is 0. The normalized spacial score (nSPS) is 13.0. The first kappa shape index (κ1) is 66.6. The average molecular weight is 972 g/mol. The van der Waals surface area contributed by atoms with Gasteiger partial charge < -0.3 is 14.2 Å². The molecule has 0 rings (SSSR count). The Morgan fingerprint density at radius 3 is 1.06 bits per heavy atom. The van der Waals surface area contributed by atoms with E-state index in [-0.39, 0.29) is 25.2 Å². The van der Waals surface area contributed by atoms with Crippen LogP contribution < -0.4 is 0 Å². The zero-order valence-corrected chi connectivity index (χ0v) is 46.0. The summed E-state index contributed by atoms with van der Waals surface area (Å²) in [6.07, 6.45) is 82.5. The highest BCUT2D eigenvalue weighted by Crippen LogP contribution is 2.14. The van der Waals surface area contributed by atoms with Crippen LogP contribution in [0.15, 0.2) is 109 Å². The molecule has 0 aliphatic rings. The van der Waals surface area contributed by atoms with Crippen LogP contribution in [0.2, 0.25) is 0 Å². The zero-order valence-electron chi connectivity index (χ0n) is 46.0. The number of esters is 2. The third-order valence-corrected chi connectivity index (χ3v) is 12.3. The fraction of sp³-hybridized carbons (Fsp3) is 0.692. The van der Waals surface area contributed by atoms with Crippen molar-refractivity contribution < 1.29 is 23.8 Å². The fourth-order valence-corrected chi connectivity index (χ4v) is 7.96. The summed E-state index contributed by atoms with van der Waals surface area (Å²) in [7, 11) is 0. The summed E-state index contributed by atoms with van der Waals surface area (Å²) in [5.74, 6) is -0.446. The predicted molar refractivity (Wildman–Crippen MR) is 306 cm³/mol. The molecule has 0 heterocycles. The van der Waals surface area contributed by atoms with Crippen LogP contribution in [0, 0.1) is 0 Å². The van der Waals surface area contributed by atoms with Crippen molar-refractivity contribution in [2.45, 2.75) is 271 Å². The van der Waals surface area contributed by atoms with Crippen molar-refractivity contribution in [3.63, 3.8) is 0 Å². The second kappa shape index (κ2) is 59.9. The summed E-state index contributed by atoms with van der Waals surface area (Å²) in [5, 5.41) is 0. The van der Waals surface area contributed by atoms with Crippen molar-refractivity contribution in [2.24, 2.45) is 0 Å². The number of hydrogen-bond acceptors (Lipinski definition) is 5. The van der Waals surface area contributed by atoms with Crippen molar-refractivity contribution >= 4 is 11.9 Å². The molecule has 0 bridgehead atoms. The molecule has 0 amide bonds. The van der Waals surface area contributed by atoms with E-state index in [1.807, 2.05) is 0 Å². The van der Waals surface area contributed by atoms with E-state index in [2.05, 4.69) is 130 Å². The third kappa shape index (κ3) is 57.1. The highest BCUT2D eigenvalue weighted by atomic mass is 16.6. The highest BCUT2D eigenvalue weighted by Gasteiger charge is 2.17. The van der Waals surface area contributed by atoms with Gasteiger partial charge in [-0.1, -0.05) is 239 Å². The van der Waals surface area contributed by atoms with E-state index >= 15 is 0 Å². The number of ether oxygens (including phenoxy) is 3. The standard InChI is InChI=1S/C65H110O5/c1-4-7-10-13-16-19-22-25-28-31-33-35-37-40-43-46-49-52-55-58-64(66)69-62-63(61-68-60-57-54-51-48-45-42-39-36-32-29-26-23-20-17-14-11-8-5-2)70-65(67)59-56-53-50-47-44-41-38-34-30-27-24-21-18-15-12-9-6-3/h7,9-10,12,16,18-19,21,25-30,33,35,40,43,63H,4-6,8,11,13-15,17,20,22-24,31-32,34,36-39,41-42,44-62H2,1-3H3/b10-7-,12-9-,19-16-,21-18-,28-25-,29-26-,30-27-,35-33-,43-40-. The molecular formula is C65H110O5. The Morgan fingerprint density at radius 1 is 0.329 bits per heavy atom. The molecule has 1 atom stereocenters. The number of carbonyl (C=O) groups is 2. The minimum atomic E-state index is -0.565. The molecule has 0 saturated heterocycles. The van der Waals surface area contributed by atoms with E-state index in [1.165, 1.54) is 116 Å². The maximum atomic E-state index is 12.9. The van der Waals surface area contributed by atoms with E-state index in [0.717, 1.165) is 116 Å². The van der Waals surface area contributed by atoms with Gasteiger partial charge >= 0.3 is 11.9 Å². The van der Waals surface area contributed by atoms with E-state index in [4.69, 9.17) is 14.2 Å². The smallest absolute Gasteiger partial charge is 0.306 e. The first-order valence-corrected chi connectivity index (χ1v) is 29.4. The molecule has 0 aliphatic heterocycles. The van der Waals surface area contributed by atoms with E-state index in [1.54, 1.807) is 0 Å². The Labute approximate surface area is 434 Å². The predicted octanol–water partition coefficient (Wildman–Crippen LogP) is 20.3. The lowest BCUT2D eigenvalue weighted by atomic mass is 10.1. The summed E-state index contributed by atoms with van der Waals surface area (Å²) in [5.41, 5.74) is 0. The second-order valence-corrected chi connectivity index (χ2v) is 19.1. The maximum Gasteiger partial charge on any atom is 0.306 e. The first-order valence-electron chi connectivity index (χ1n) is 29.4. The van der Waals surface area contributed by atoms with Crippen LogP contribution in [0.1, 0.15) is 265 Å². The minimum absolute atomic E-state index is 0.0576. The van der Waals surface area contributed by atoms with Gasteiger partial charge in [-0.3, -0.25) is 9.59 Å². The molecule has 0 radical (unpaired) electrons. The van der Waals surface area contributed by atoms with Gasteiger partial charge in [0.1, 0.15) is 6.61 Å². The van der Waals surface area contributed by atoms with Gasteiger partial charge in [0.2, 0.25) is 0 Å². The number of hydrogen-bond donors (Lipinski definition) is 0. The Bertz CT molecular complexity index is 1380. The van der Waals surface area contributed by atoms with Gasteiger partial charge in [-0.2, -0.15) is 0 Å². The summed E-state index contributed by atoms with van der Waals surface area (Å²) in [6.45, 7) is 7.56. The molecule has 0 aromatic rings. The largest absolute Gasteiger partial charge is 0.462 e. The summed E-state index contributed by atoms with van der Waals surface area (Å²) in [4.78, 5) is 25.6. The lowest BCUT2D eigenvalue weighted by molar-refractivity contribution is -0.163. The molecule has 0 aromatic heterocycles. The zero-order chi connectivity index (χ0) is 50.6. The molecular weight excluding hydrogens is 861 g/mol. The topological polar surface area (TPSA) is 61.8 Å². The van der Waals surface area contributed by atoms with Crippen molar-refractivity contribution in [1.29, 1.82) is 0 Å². The lowest BCUT2D eigenvalue weighted by Crippen LogP contribution is -2.30. The molecule has 1 unspecified atom stereocenters. The average Bonchev–Trinajstić information content (AvgIpc) is 3.36. The number of unbranched alkanes of at least 4 members (excludes halogenated alkanes) is 24. The fourth-order valence-electron chi connectivity index (χ4n) is 7.96. The van der Waals surface area contributed by atoms with Crippen molar-refractivity contribution in [3.05, 3.63) is 109 Å². The van der Waals surface area contributed by atoms with Gasteiger partial charge in [-0.25, -0.2) is 0 Å². The Balaban J connectivity index is 4.37. The highest BCUT2D eigenvalue weighted by molar-refractivity contribution is 5.70.